The van der Waals surface area contributed by atoms with E-state index in [1.54, 1.807) is 26.0 Å². The van der Waals surface area contributed by atoms with Crippen LogP contribution >= 0.6 is 0 Å². The van der Waals surface area contributed by atoms with Crippen molar-refractivity contribution in [2.45, 2.75) is 26.9 Å². The normalized spacial score (nSPS) is 11.6. The second-order valence-electron chi connectivity index (χ2n) is 5.29. The molecule has 0 aliphatic rings. The van der Waals surface area contributed by atoms with E-state index in [0.29, 0.717) is 5.75 Å². The van der Waals surface area contributed by atoms with Crippen molar-refractivity contribution in [1.29, 1.82) is 0 Å². The van der Waals surface area contributed by atoms with Crippen molar-refractivity contribution < 1.29 is 14.5 Å². The van der Waals surface area contributed by atoms with E-state index in [4.69, 9.17) is 4.74 Å². The van der Waals surface area contributed by atoms with Gasteiger partial charge >= 0.3 is 0 Å². The molecule has 1 N–H and O–H groups in total. The van der Waals surface area contributed by atoms with E-state index in [-0.39, 0.29) is 11.4 Å². The molecule has 0 aromatic heterocycles. The van der Waals surface area contributed by atoms with E-state index in [0.717, 1.165) is 11.1 Å². The maximum Gasteiger partial charge on any atom is 0.293 e. The third-order valence-electron chi connectivity index (χ3n) is 3.37. The summed E-state index contributed by atoms with van der Waals surface area (Å²) in [6.45, 7) is 5.23. The number of rotatable bonds is 5. The minimum atomic E-state index is -0.781. The summed E-state index contributed by atoms with van der Waals surface area (Å²) in [5.74, 6) is 0.161. The lowest BCUT2D eigenvalue weighted by molar-refractivity contribution is -0.384. The maximum absolute atomic E-state index is 12.2. The van der Waals surface area contributed by atoms with Gasteiger partial charge in [0.15, 0.2) is 6.10 Å². The fraction of sp³-hybridized carbons (Fsp3) is 0.235. The van der Waals surface area contributed by atoms with Crippen molar-refractivity contribution in [3.63, 3.8) is 0 Å². The van der Waals surface area contributed by atoms with E-state index in [1.165, 1.54) is 12.1 Å². The minimum absolute atomic E-state index is 0.138. The molecule has 0 bridgehead atoms. The molecular weight excluding hydrogens is 296 g/mol. The fourth-order valence-electron chi connectivity index (χ4n) is 2.07. The number of carbonyl (C=O) groups excluding carboxylic acids is 1. The smallest absolute Gasteiger partial charge is 0.293 e. The van der Waals surface area contributed by atoms with Crippen LogP contribution in [0.5, 0.6) is 5.75 Å². The van der Waals surface area contributed by atoms with Gasteiger partial charge in [-0.3, -0.25) is 14.9 Å². The van der Waals surface area contributed by atoms with Crippen LogP contribution in [0.25, 0.3) is 0 Å². The highest BCUT2D eigenvalue weighted by Crippen LogP contribution is 2.26. The zero-order valence-electron chi connectivity index (χ0n) is 13.2. The van der Waals surface area contributed by atoms with Gasteiger partial charge < -0.3 is 10.1 Å². The predicted octanol–water partition coefficient (Wildman–Crippen LogP) is 3.62. The number of ether oxygens (including phenoxy) is 1. The zero-order chi connectivity index (χ0) is 17.0. The Labute approximate surface area is 134 Å². The van der Waals surface area contributed by atoms with Crippen molar-refractivity contribution in [2.75, 3.05) is 5.32 Å². The van der Waals surface area contributed by atoms with Crippen LogP contribution in [0, 0.1) is 24.0 Å². The number of para-hydroxylation sites is 1. The van der Waals surface area contributed by atoms with Crippen molar-refractivity contribution >= 4 is 17.3 Å². The molecule has 0 spiro atoms. The molecular formula is C17H18N2O4. The SMILES string of the molecule is Cc1ccc(NC(=O)C(C)Oc2ccccc2C)c([N+](=O)[O-])c1. The standard InChI is InChI=1S/C17H18N2O4/c1-11-8-9-14(15(10-11)19(21)22)18-17(20)13(3)23-16-7-5-4-6-12(16)2/h4-10,13H,1-3H3,(H,18,20). The van der Waals surface area contributed by atoms with Crippen LogP contribution in [0.15, 0.2) is 42.5 Å². The lowest BCUT2D eigenvalue weighted by atomic mass is 10.2. The van der Waals surface area contributed by atoms with Gasteiger partial charge in [0.2, 0.25) is 0 Å². The van der Waals surface area contributed by atoms with Crippen LogP contribution < -0.4 is 10.1 Å². The molecule has 2 aromatic rings. The van der Waals surface area contributed by atoms with E-state index in [9.17, 15) is 14.9 Å². The quantitative estimate of drug-likeness (QED) is 0.675. The second-order valence-corrected chi connectivity index (χ2v) is 5.29. The first-order chi connectivity index (χ1) is 10.9. The van der Waals surface area contributed by atoms with Crippen molar-refractivity contribution in [3.05, 3.63) is 63.7 Å². The summed E-state index contributed by atoms with van der Waals surface area (Å²) in [7, 11) is 0. The molecule has 0 saturated carbocycles. The number of anilines is 1. The van der Waals surface area contributed by atoms with Gasteiger partial charge in [-0.15, -0.1) is 0 Å². The first kappa shape index (κ1) is 16.5. The summed E-state index contributed by atoms with van der Waals surface area (Å²) < 4.78 is 5.62. The van der Waals surface area contributed by atoms with Gasteiger partial charge in [0.1, 0.15) is 11.4 Å². The van der Waals surface area contributed by atoms with Gasteiger partial charge in [0.05, 0.1) is 4.92 Å². The number of aryl methyl sites for hydroxylation is 2. The summed E-state index contributed by atoms with van der Waals surface area (Å²) in [6.07, 6.45) is -0.781. The number of carbonyl (C=O) groups is 1. The molecule has 0 heterocycles. The number of benzene rings is 2. The highest BCUT2D eigenvalue weighted by Gasteiger charge is 2.20. The van der Waals surface area contributed by atoms with Gasteiger partial charge in [-0.1, -0.05) is 24.3 Å². The molecule has 23 heavy (non-hydrogen) atoms. The Bertz CT molecular complexity index is 743. The number of nitrogens with zero attached hydrogens (tertiary/aromatic N) is 1. The summed E-state index contributed by atoms with van der Waals surface area (Å²) in [4.78, 5) is 22.8. The highest BCUT2D eigenvalue weighted by molar-refractivity contribution is 5.96. The third-order valence-corrected chi connectivity index (χ3v) is 3.37. The molecule has 120 valence electrons. The number of amides is 1. The van der Waals surface area contributed by atoms with Crippen molar-refractivity contribution in [1.82, 2.24) is 0 Å². The zero-order valence-corrected chi connectivity index (χ0v) is 13.2. The molecule has 0 aliphatic heterocycles. The van der Waals surface area contributed by atoms with Crippen LogP contribution in [-0.2, 0) is 4.79 Å². The van der Waals surface area contributed by atoms with Crippen LogP contribution in [0.3, 0.4) is 0 Å². The Kier molecular flexibility index (Phi) is 4.95. The molecule has 6 nitrogen and oxygen atoms in total. The molecule has 1 atom stereocenters. The van der Waals surface area contributed by atoms with Crippen LogP contribution in [0.4, 0.5) is 11.4 Å². The van der Waals surface area contributed by atoms with Gasteiger partial charge in [-0.25, -0.2) is 0 Å². The molecule has 0 saturated heterocycles. The number of hydrogen-bond donors (Lipinski definition) is 1. The van der Waals surface area contributed by atoms with E-state index >= 15 is 0 Å². The van der Waals surface area contributed by atoms with E-state index in [2.05, 4.69) is 5.32 Å². The fourth-order valence-corrected chi connectivity index (χ4v) is 2.07. The van der Waals surface area contributed by atoms with Crippen LogP contribution in [0.1, 0.15) is 18.1 Å². The lowest BCUT2D eigenvalue weighted by Gasteiger charge is -2.16. The third kappa shape index (κ3) is 4.06. The number of nitro benzene ring substituents is 1. The Morgan fingerprint density at radius 3 is 2.57 bits per heavy atom. The van der Waals surface area contributed by atoms with Gasteiger partial charge in [-0.2, -0.15) is 0 Å². The molecule has 2 rings (SSSR count). The van der Waals surface area contributed by atoms with Crippen molar-refractivity contribution in [2.24, 2.45) is 0 Å². The Morgan fingerprint density at radius 1 is 1.22 bits per heavy atom. The molecule has 0 radical (unpaired) electrons. The summed E-state index contributed by atoms with van der Waals surface area (Å²) in [5.41, 5.74) is 1.68. The number of nitrogens with one attached hydrogen (secondary N) is 1. The molecule has 2 aromatic carbocycles. The van der Waals surface area contributed by atoms with Crippen LogP contribution in [-0.4, -0.2) is 16.9 Å². The van der Waals surface area contributed by atoms with Crippen molar-refractivity contribution in [3.8, 4) is 5.75 Å². The van der Waals surface area contributed by atoms with Gasteiger partial charge in [0, 0.05) is 6.07 Å². The lowest BCUT2D eigenvalue weighted by Crippen LogP contribution is -2.30. The molecule has 1 amide bonds. The first-order valence-electron chi connectivity index (χ1n) is 7.16. The highest BCUT2D eigenvalue weighted by atomic mass is 16.6. The average Bonchev–Trinajstić information content (AvgIpc) is 2.51. The largest absolute Gasteiger partial charge is 0.481 e. The maximum atomic E-state index is 12.2. The number of hydrogen-bond acceptors (Lipinski definition) is 4. The summed E-state index contributed by atoms with van der Waals surface area (Å²) >= 11 is 0. The van der Waals surface area contributed by atoms with Crippen LogP contribution in [0.2, 0.25) is 0 Å². The predicted molar refractivity (Wildman–Crippen MR) is 87.7 cm³/mol. The molecule has 0 aliphatic carbocycles. The van der Waals surface area contributed by atoms with Gasteiger partial charge in [-0.05, 0) is 44.0 Å². The second kappa shape index (κ2) is 6.91. The average molecular weight is 314 g/mol. The van der Waals surface area contributed by atoms with E-state index in [1.807, 2.05) is 25.1 Å². The summed E-state index contributed by atoms with van der Waals surface area (Å²) in [5, 5.41) is 13.6. The molecule has 0 fully saturated rings. The summed E-state index contributed by atoms with van der Waals surface area (Å²) in [6, 6.07) is 12.0. The molecule has 6 heteroatoms. The topological polar surface area (TPSA) is 81.5 Å². The first-order valence-corrected chi connectivity index (χ1v) is 7.16. The number of nitro groups is 1. The van der Waals surface area contributed by atoms with E-state index < -0.39 is 16.9 Å². The molecule has 1 unspecified atom stereocenters. The minimum Gasteiger partial charge on any atom is -0.481 e. The monoisotopic (exact) mass is 314 g/mol. The Hall–Kier alpha value is -2.89. The Balaban J connectivity index is 2.13. The Morgan fingerprint density at radius 2 is 1.91 bits per heavy atom. The van der Waals surface area contributed by atoms with Gasteiger partial charge in [0.25, 0.3) is 11.6 Å².